The van der Waals surface area contributed by atoms with Gasteiger partial charge < -0.3 is 38.8 Å². The third-order valence-corrected chi connectivity index (χ3v) is 4.63. The zero-order chi connectivity index (χ0) is 27.8. The van der Waals surface area contributed by atoms with Crippen molar-refractivity contribution in [1.29, 1.82) is 0 Å². The van der Waals surface area contributed by atoms with Crippen molar-refractivity contribution in [3.05, 3.63) is 0 Å². The van der Waals surface area contributed by atoms with E-state index in [1.165, 1.54) is 0 Å². The largest absolute Gasteiger partial charge is 0.476 e. The maximum absolute atomic E-state index is 12.2. The summed E-state index contributed by atoms with van der Waals surface area (Å²) in [6.07, 6.45) is -7.37. The molecule has 2 N–H and O–H groups in total. The molecule has 36 heavy (non-hydrogen) atoms. The first kappa shape index (κ1) is 30.3. The average molecular weight is 519 g/mol. The Bertz CT molecular complexity index is 901. The lowest BCUT2D eigenvalue weighted by Crippen LogP contribution is -2.69. The van der Waals surface area contributed by atoms with E-state index in [0.717, 1.165) is 41.5 Å². The number of aliphatic carboxylic acids is 1. The van der Waals surface area contributed by atoms with Gasteiger partial charge in [-0.05, 0) is 0 Å². The number of carboxylic acid groups (broad SMARTS) is 1. The van der Waals surface area contributed by atoms with E-state index < -0.39 is 91.0 Å². The van der Waals surface area contributed by atoms with Crippen LogP contribution < -0.4 is 5.32 Å². The van der Waals surface area contributed by atoms with Gasteiger partial charge in [0.25, 0.3) is 0 Å². The van der Waals surface area contributed by atoms with Crippen LogP contribution in [0, 0.1) is 0 Å². The van der Waals surface area contributed by atoms with Crippen LogP contribution in [0.4, 0.5) is 0 Å². The summed E-state index contributed by atoms with van der Waals surface area (Å²) in [5, 5.41) is 12.3. The Kier molecular flexibility index (Phi) is 10.8. The summed E-state index contributed by atoms with van der Waals surface area (Å²) in [7, 11) is 0. The van der Waals surface area contributed by atoms with E-state index in [2.05, 4.69) is 5.32 Å². The smallest absolute Gasteiger partial charge is 0.377 e. The fourth-order valence-corrected chi connectivity index (χ4v) is 3.59. The van der Waals surface area contributed by atoms with E-state index in [9.17, 15) is 38.7 Å². The number of ether oxygens (including phenoxy) is 6. The predicted octanol–water partition coefficient (Wildman–Crippen LogP) is -1.02. The van der Waals surface area contributed by atoms with Crippen molar-refractivity contribution in [2.45, 2.75) is 84.2 Å². The highest BCUT2D eigenvalue weighted by atomic mass is 16.7. The Labute approximate surface area is 205 Å². The Balaban J connectivity index is 3.78. The van der Waals surface area contributed by atoms with Gasteiger partial charge in [-0.3, -0.25) is 28.8 Å². The Morgan fingerprint density at radius 3 is 1.89 bits per heavy atom. The molecule has 0 bridgehead atoms. The Morgan fingerprint density at radius 2 is 1.47 bits per heavy atom. The highest BCUT2D eigenvalue weighted by Gasteiger charge is 2.60. The van der Waals surface area contributed by atoms with E-state index in [0.29, 0.717) is 0 Å². The molecule has 6 atom stereocenters. The monoisotopic (exact) mass is 519 g/mol. The van der Waals surface area contributed by atoms with Gasteiger partial charge in [0.15, 0.2) is 12.2 Å². The van der Waals surface area contributed by atoms with Gasteiger partial charge in [0.2, 0.25) is 5.91 Å². The van der Waals surface area contributed by atoms with E-state index in [-0.39, 0.29) is 0 Å². The molecule has 0 aliphatic carbocycles. The summed E-state index contributed by atoms with van der Waals surface area (Å²) < 4.78 is 31.1. The second-order valence-corrected chi connectivity index (χ2v) is 7.84. The second-order valence-electron chi connectivity index (χ2n) is 7.84. The minimum atomic E-state index is -2.77. The summed E-state index contributed by atoms with van der Waals surface area (Å²) in [4.78, 5) is 83.0. The molecule has 202 valence electrons. The van der Waals surface area contributed by atoms with E-state index in [1.807, 2.05) is 0 Å². The first-order valence-electron chi connectivity index (χ1n) is 10.6. The van der Waals surface area contributed by atoms with Gasteiger partial charge in [-0.15, -0.1) is 0 Å². The molecule has 0 radical (unpaired) electrons. The van der Waals surface area contributed by atoms with Crippen molar-refractivity contribution in [2.75, 3.05) is 6.61 Å². The molecule has 1 aliphatic rings. The van der Waals surface area contributed by atoms with E-state index in [1.54, 1.807) is 0 Å². The van der Waals surface area contributed by atoms with Crippen molar-refractivity contribution in [3.63, 3.8) is 0 Å². The van der Waals surface area contributed by atoms with Crippen molar-refractivity contribution in [2.24, 2.45) is 0 Å². The maximum atomic E-state index is 12.2. The second kappa shape index (κ2) is 12.8. The number of esters is 5. The molecule has 15 heteroatoms. The van der Waals surface area contributed by atoms with Crippen LogP contribution in [0.3, 0.4) is 0 Å². The number of hydrogen-bond donors (Lipinski definition) is 2. The van der Waals surface area contributed by atoms with Gasteiger partial charge in [-0.25, -0.2) is 4.79 Å². The third-order valence-electron chi connectivity index (χ3n) is 4.63. The van der Waals surface area contributed by atoms with Gasteiger partial charge in [0.05, 0.1) is 12.5 Å². The molecule has 1 rings (SSSR count). The van der Waals surface area contributed by atoms with Crippen LogP contribution in [-0.4, -0.2) is 89.7 Å². The molecule has 1 fully saturated rings. The van der Waals surface area contributed by atoms with Crippen LogP contribution in [0.15, 0.2) is 0 Å². The highest BCUT2D eigenvalue weighted by Crippen LogP contribution is 2.36. The number of rotatable bonds is 10. The molecule has 1 aliphatic heterocycles. The van der Waals surface area contributed by atoms with E-state index in [4.69, 9.17) is 28.4 Å². The number of hydrogen-bond acceptors (Lipinski definition) is 13. The van der Waals surface area contributed by atoms with Crippen molar-refractivity contribution >= 4 is 41.7 Å². The Morgan fingerprint density at radius 1 is 0.889 bits per heavy atom. The van der Waals surface area contributed by atoms with Gasteiger partial charge >= 0.3 is 41.6 Å². The molecular formula is C21H29NO14. The highest BCUT2D eigenvalue weighted by molar-refractivity contribution is 5.80. The SMILES string of the molecule is CC(=O)NC1C(OC(C)=O)CC(OC(C)=O)(C(=O)O)OC1C(OC(C)=O)C(COC(C)=O)OC(C)=O. The lowest BCUT2D eigenvalue weighted by Gasteiger charge is -2.47. The minimum absolute atomic E-state index is 0.675. The first-order valence-corrected chi connectivity index (χ1v) is 10.6. The topological polar surface area (TPSA) is 207 Å². The van der Waals surface area contributed by atoms with Gasteiger partial charge in [0, 0.05) is 41.5 Å². The standard InChI is InChI=1S/C21H29NO14/c1-9(23)22-17-15(32-11(3)25)7-21(20(29)30,35-14(6)28)36-19(17)18(34-13(5)27)16(33-12(4)26)8-31-10(2)24/h15-19H,7-8H2,1-6H3,(H,22,23)(H,29,30). The number of carboxylic acids is 1. The van der Waals surface area contributed by atoms with Crippen molar-refractivity contribution in [1.82, 2.24) is 5.32 Å². The average Bonchev–Trinajstić information content (AvgIpc) is 2.69. The molecule has 0 aromatic carbocycles. The van der Waals surface area contributed by atoms with Crippen LogP contribution in [-0.2, 0) is 62.0 Å². The third kappa shape index (κ3) is 8.79. The Hall–Kier alpha value is -3.75. The molecule has 0 aromatic rings. The molecule has 0 aromatic heterocycles. The van der Waals surface area contributed by atoms with Gasteiger partial charge in [-0.2, -0.15) is 0 Å². The molecule has 1 heterocycles. The molecule has 6 unspecified atom stereocenters. The molecule has 15 nitrogen and oxygen atoms in total. The predicted molar refractivity (Wildman–Crippen MR) is 113 cm³/mol. The first-order chi connectivity index (χ1) is 16.6. The molecule has 0 spiro atoms. The number of nitrogens with one attached hydrogen (secondary N) is 1. The summed E-state index contributed by atoms with van der Waals surface area (Å²) in [6, 6.07) is -1.41. The molecule has 0 saturated carbocycles. The molecule has 1 amide bonds. The maximum Gasteiger partial charge on any atom is 0.377 e. The fraction of sp³-hybridized carbons (Fsp3) is 0.667. The lowest BCUT2D eigenvalue weighted by molar-refractivity contribution is -0.303. The molecule has 1 saturated heterocycles. The van der Waals surface area contributed by atoms with Crippen LogP contribution >= 0.6 is 0 Å². The zero-order valence-corrected chi connectivity index (χ0v) is 20.6. The van der Waals surface area contributed by atoms with Crippen LogP contribution in [0.2, 0.25) is 0 Å². The van der Waals surface area contributed by atoms with Gasteiger partial charge in [0.1, 0.15) is 18.8 Å². The summed E-state index contributed by atoms with van der Waals surface area (Å²) in [5.74, 6) is -9.92. The fourth-order valence-electron chi connectivity index (χ4n) is 3.59. The van der Waals surface area contributed by atoms with Gasteiger partial charge in [-0.1, -0.05) is 0 Å². The minimum Gasteiger partial charge on any atom is -0.476 e. The molecular weight excluding hydrogens is 490 g/mol. The van der Waals surface area contributed by atoms with Crippen molar-refractivity contribution < 1.29 is 67.1 Å². The summed E-state index contributed by atoms with van der Waals surface area (Å²) >= 11 is 0. The van der Waals surface area contributed by atoms with E-state index >= 15 is 0 Å². The number of carbonyl (C=O) groups excluding carboxylic acids is 6. The lowest BCUT2D eigenvalue weighted by atomic mass is 9.88. The number of carbonyl (C=O) groups is 7. The van der Waals surface area contributed by atoms with Crippen molar-refractivity contribution in [3.8, 4) is 0 Å². The van der Waals surface area contributed by atoms with Crippen LogP contribution in [0.1, 0.15) is 48.0 Å². The summed E-state index contributed by atoms with van der Waals surface area (Å²) in [5.41, 5.74) is 0. The number of amides is 1. The zero-order valence-electron chi connectivity index (χ0n) is 20.6. The normalized spacial score (nSPS) is 24.8. The van der Waals surface area contributed by atoms with Crippen LogP contribution in [0.25, 0.3) is 0 Å². The quantitative estimate of drug-likeness (QED) is 0.262. The summed E-state index contributed by atoms with van der Waals surface area (Å²) in [6.45, 7) is 5.35. The van der Waals surface area contributed by atoms with Crippen LogP contribution in [0.5, 0.6) is 0 Å².